The van der Waals surface area contributed by atoms with Gasteiger partial charge in [-0.1, -0.05) is 6.92 Å². The van der Waals surface area contributed by atoms with E-state index in [0.717, 1.165) is 13.0 Å². The van der Waals surface area contributed by atoms with Gasteiger partial charge < -0.3 is 15.4 Å². The Kier molecular flexibility index (Phi) is 6.56. The molecule has 0 radical (unpaired) electrons. The van der Waals surface area contributed by atoms with Crippen molar-refractivity contribution in [3.8, 4) is 6.01 Å². The first-order valence-electron chi connectivity index (χ1n) is 6.57. The fourth-order valence-corrected chi connectivity index (χ4v) is 2.04. The van der Waals surface area contributed by atoms with Gasteiger partial charge in [0, 0.05) is 27.2 Å². The Labute approximate surface area is 125 Å². The zero-order valence-electron chi connectivity index (χ0n) is 12.8. The van der Waals surface area contributed by atoms with Crippen LogP contribution in [0.5, 0.6) is 6.01 Å². The lowest BCUT2D eigenvalue weighted by Crippen LogP contribution is -2.28. The van der Waals surface area contributed by atoms with Gasteiger partial charge in [0.05, 0.1) is 12.9 Å². The second-order valence-electron chi connectivity index (χ2n) is 4.42. The van der Waals surface area contributed by atoms with E-state index in [0.29, 0.717) is 5.95 Å². The number of aromatic nitrogens is 3. The Morgan fingerprint density at radius 3 is 2.14 bits per heavy atom. The molecule has 0 fully saturated rings. The Morgan fingerprint density at radius 1 is 1.10 bits per heavy atom. The van der Waals surface area contributed by atoms with E-state index < -0.39 is 10.0 Å². The highest BCUT2D eigenvalue weighted by atomic mass is 32.2. The van der Waals surface area contributed by atoms with Gasteiger partial charge in [-0.15, -0.1) is 0 Å². The topological polar surface area (TPSA) is 109 Å². The molecule has 0 spiro atoms. The van der Waals surface area contributed by atoms with Crippen molar-refractivity contribution in [3.63, 3.8) is 0 Å². The molecule has 0 aromatic carbocycles. The van der Waals surface area contributed by atoms with E-state index in [-0.39, 0.29) is 24.3 Å². The smallest absolute Gasteiger partial charge is 0.322 e. The molecule has 0 atom stereocenters. The van der Waals surface area contributed by atoms with E-state index in [1.54, 1.807) is 0 Å². The number of rotatable bonds is 9. The van der Waals surface area contributed by atoms with Crippen molar-refractivity contribution in [2.24, 2.45) is 0 Å². The first kappa shape index (κ1) is 17.4. The van der Waals surface area contributed by atoms with Crippen molar-refractivity contribution in [1.29, 1.82) is 0 Å². The van der Waals surface area contributed by atoms with Crippen LogP contribution in [0.25, 0.3) is 0 Å². The molecule has 0 aliphatic rings. The highest BCUT2D eigenvalue weighted by molar-refractivity contribution is 7.89. The molecule has 0 bridgehead atoms. The average molecular weight is 318 g/mol. The van der Waals surface area contributed by atoms with Crippen molar-refractivity contribution in [2.75, 3.05) is 50.7 Å². The monoisotopic (exact) mass is 318 g/mol. The molecule has 1 aromatic heterocycles. The summed E-state index contributed by atoms with van der Waals surface area (Å²) < 4.78 is 29.5. The summed E-state index contributed by atoms with van der Waals surface area (Å²) in [5.74, 6) is 0.613. The van der Waals surface area contributed by atoms with Crippen molar-refractivity contribution in [1.82, 2.24) is 19.3 Å². The number of anilines is 2. The highest BCUT2D eigenvalue weighted by Gasteiger charge is 2.13. The molecule has 1 heterocycles. The largest absolute Gasteiger partial charge is 0.467 e. The molecule has 9 nitrogen and oxygen atoms in total. The molecule has 120 valence electrons. The molecule has 2 N–H and O–H groups in total. The first-order valence-corrected chi connectivity index (χ1v) is 8.18. The van der Waals surface area contributed by atoms with Crippen LogP contribution in [0.3, 0.4) is 0 Å². The third-order valence-corrected chi connectivity index (χ3v) is 4.36. The molecule has 10 heteroatoms. The molecule has 0 aliphatic carbocycles. The van der Waals surface area contributed by atoms with E-state index in [9.17, 15) is 8.42 Å². The Morgan fingerprint density at radius 2 is 1.67 bits per heavy atom. The van der Waals surface area contributed by atoms with E-state index in [2.05, 4.69) is 25.6 Å². The minimum Gasteiger partial charge on any atom is -0.467 e. The molecule has 0 saturated carbocycles. The van der Waals surface area contributed by atoms with Crippen LogP contribution in [0.4, 0.5) is 11.9 Å². The number of nitrogens with zero attached hydrogens (tertiary/aromatic N) is 4. The molecule has 0 amide bonds. The summed E-state index contributed by atoms with van der Waals surface area (Å²) >= 11 is 0. The second-order valence-corrected chi connectivity index (χ2v) is 6.72. The number of ether oxygens (including phenoxy) is 1. The number of methoxy groups -OCH3 is 1. The number of hydrogen-bond donors (Lipinski definition) is 2. The van der Waals surface area contributed by atoms with E-state index in [1.165, 1.54) is 25.5 Å². The summed E-state index contributed by atoms with van der Waals surface area (Å²) in [6, 6.07) is 0.168. The summed E-state index contributed by atoms with van der Waals surface area (Å²) in [6.45, 7) is 2.94. The number of sulfonamides is 1. The molecule has 0 saturated heterocycles. The third-order valence-electron chi connectivity index (χ3n) is 2.53. The Hall–Kier alpha value is -1.68. The lowest BCUT2D eigenvalue weighted by molar-refractivity contribution is 0.379. The highest BCUT2D eigenvalue weighted by Crippen LogP contribution is 2.10. The van der Waals surface area contributed by atoms with Crippen molar-refractivity contribution >= 4 is 21.9 Å². The molecule has 1 rings (SSSR count). The summed E-state index contributed by atoms with van der Waals surface area (Å²) in [4.78, 5) is 12.2. The van der Waals surface area contributed by atoms with Crippen LogP contribution in [0, 0.1) is 0 Å². The van der Waals surface area contributed by atoms with Crippen LogP contribution in [0.15, 0.2) is 0 Å². The number of hydrogen-bond acceptors (Lipinski definition) is 8. The van der Waals surface area contributed by atoms with Crippen LogP contribution in [-0.4, -0.2) is 67.7 Å². The summed E-state index contributed by atoms with van der Waals surface area (Å²) in [5, 5.41) is 5.88. The molecule has 1 aromatic rings. The van der Waals surface area contributed by atoms with Crippen LogP contribution in [0.1, 0.15) is 13.3 Å². The van der Waals surface area contributed by atoms with Gasteiger partial charge in [-0.05, 0) is 6.42 Å². The maximum atomic E-state index is 11.6. The van der Waals surface area contributed by atoms with Gasteiger partial charge in [0.2, 0.25) is 21.9 Å². The van der Waals surface area contributed by atoms with Crippen LogP contribution >= 0.6 is 0 Å². The lowest BCUT2D eigenvalue weighted by atomic mass is 10.5. The van der Waals surface area contributed by atoms with E-state index in [1.807, 2.05) is 6.92 Å². The van der Waals surface area contributed by atoms with Gasteiger partial charge in [-0.2, -0.15) is 15.0 Å². The first-order chi connectivity index (χ1) is 9.89. The van der Waals surface area contributed by atoms with E-state index in [4.69, 9.17) is 4.74 Å². The van der Waals surface area contributed by atoms with Crippen LogP contribution < -0.4 is 15.4 Å². The summed E-state index contributed by atoms with van der Waals surface area (Å²) in [6.07, 6.45) is 0.928. The number of nitrogens with one attached hydrogen (secondary N) is 2. The SMILES string of the molecule is CCCNc1nc(NCCS(=O)(=O)N(C)C)nc(OC)n1. The predicted molar refractivity (Wildman–Crippen MR) is 81.1 cm³/mol. The normalized spacial score (nSPS) is 11.5. The predicted octanol–water partition coefficient (Wildman–Crippen LogP) is 0.00540. The second kappa shape index (κ2) is 7.93. The molecular weight excluding hydrogens is 296 g/mol. The van der Waals surface area contributed by atoms with Crippen LogP contribution in [0.2, 0.25) is 0 Å². The quantitative estimate of drug-likeness (QED) is 0.655. The minimum absolute atomic E-state index is 0.0499. The Bertz CT molecular complexity index is 549. The maximum absolute atomic E-state index is 11.6. The van der Waals surface area contributed by atoms with E-state index >= 15 is 0 Å². The zero-order valence-corrected chi connectivity index (χ0v) is 13.6. The van der Waals surface area contributed by atoms with Crippen molar-refractivity contribution < 1.29 is 13.2 Å². The average Bonchev–Trinajstić information content (AvgIpc) is 2.44. The van der Waals surface area contributed by atoms with Crippen LogP contribution in [-0.2, 0) is 10.0 Å². The molecular formula is C11H22N6O3S. The van der Waals surface area contributed by atoms with Gasteiger partial charge in [0.25, 0.3) is 0 Å². The molecule has 0 unspecified atom stereocenters. The Balaban J connectivity index is 2.69. The minimum atomic E-state index is -3.26. The standard InChI is InChI=1S/C11H22N6O3S/c1-5-6-12-9-14-10(16-11(15-9)20-4)13-7-8-21(18,19)17(2)3/h5-8H2,1-4H3,(H2,12,13,14,15,16). The van der Waals surface area contributed by atoms with Crippen molar-refractivity contribution in [2.45, 2.75) is 13.3 Å². The molecule has 21 heavy (non-hydrogen) atoms. The van der Waals surface area contributed by atoms with Crippen molar-refractivity contribution in [3.05, 3.63) is 0 Å². The third kappa shape index (κ3) is 5.68. The fraction of sp³-hybridized carbons (Fsp3) is 0.727. The maximum Gasteiger partial charge on any atom is 0.322 e. The van der Waals surface area contributed by atoms with Gasteiger partial charge in [-0.25, -0.2) is 12.7 Å². The van der Waals surface area contributed by atoms with Gasteiger partial charge in [0.15, 0.2) is 0 Å². The van der Waals surface area contributed by atoms with Gasteiger partial charge in [0.1, 0.15) is 0 Å². The fourth-order valence-electron chi connectivity index (χ4n) is 1.32. The summed E-state index contributed by atoms with van der Waals surface area (Å²) in [5.41, 5.74) is 0. The van der Waals surface area contributed by atoms with Gasteiger partial charge >= 0.3 is 6.01 Å². The lowest BCUT2D eigenvalue weighted by Gasteiger charge is -2.12. The van der Waals surface area contributed by atoms with Gasteiger partial charge in [-0.3, -0.25) is 0 Å². The molecule has 0 aliphatic heterocycles. The summed E-state index contributed by atoms with van der Waals surface area (Å²) in [7, 11) is 1.19. The zero-order chi connectivity index (χ0) is 15.9.